The van der Waals surface area contributed by atoms with E-state index in [0.717, 1.165) is 11.3 Å². The average molecular weight is 293 g/mol. The van der Waals surface area contributed by atoms with E-state index in [1.807, 2.05) is 29.2 Å². The maximum Gasteiger partial charge on any atom is 0.322 e. The zero-order valence-corrected chi connectivity index (χ0v) is 13.1. The molecule has 1 aromatic carbocycles. The van der Waals surface area contributed by atoms with Crippen LogP contribution in [-0.2, 0) is 20.9 Å². The Morgan fingerprint density at radius 1 is 1.19 bits per heavy atom. The highest BCUT2D eigenvalue weighted by Gasteiger charge is 2.22. The number of Topliss-reactive ketones (excluding diaryl/α,β-unsaturated/α-hetero) is 1. The fourth-order valence-electron chi connectivity index (χ4n) is 2.00. The SMILES string of the molecule is COC(=O)[C@H](C)N(CCC(C)=O)Cc1ccc(OC)cc1. The van der Waals surface area contributed by atoms with Crippen LogP contribution in [0.25, 0.3) is 0 Å². The van der Waals surface area contributed by atoms with Crippen LogP contribution in [-0.4, -0.2) is 43.5 Å². The second-order valence-corrected chi connectivity index (χ2v) is 4.97. The van der Waals surface area contributed by atoms with Crippen LogP contribution in [0.15, 0.2) is 24.3 Å². The van der Waals surface area contributed by atoms with Crippen molar-refractivity contribution in [3.05, 3.63) is 29.8 Å². The maximum atomic E-state index is 11.7. The number of carbonyl (C=O) groups is 2. The molecule has 0 aliphatic heterocycles. The average Bonchev–Trinajstić information content (AvgIpc) is 2.50. The van der Waals surface area contributed by atoms with Crippen LogP contribution in [0.4, 0.5) is 0 Å². The molecule has 0 saturated carbocycles. The van der Waals surface area contributed by atoms with Crippen molar-refractivity contribution in [1.29, 1.82) is 0 Å². The van der Waals surface area contributed by atoms with Gasteiger partial charge in [0.15, 0.2) is 0 Å². The first-order valence-corrected chi connectivity index (χ1v) is 6.92. The molecule has 0 aliphatic rings. The molecule has 0 unspecified atom stereocenters. The molecule has 5 heteroatoms. The number of nitrogens with zero attached hydrogens (tertiary/aromatic N) is 1. The highest BCUT2D eigenvalue weighted by atomic mass is 16.5. The number of ether oxygens (including phenoxy) is 2. The summed E-state index contributed by atoms with van der Waals surface area (Å²) in [4.78, 5) is 24.8. The summed E-state index contributed by atoms with van der Waals surface area (Å²) in [5.41, 5.74) is 1.05. The molecule has 1 rings (SSSR count). The van der Waals surface area contributed by atoms with Crippen molar-refractivity contribution < 1.29 is 19.1 Å². The maximum absolute atomic E-state index is 11.7. The van der Waals surface area contributed by atoms with Gasteiger partial charge in [-0.25, -0.2) is 0 Å². The molecule has 5 nitrogen and oxygen atoms in total. The minimum Gasteiger partial charge on any atom is -0.497 e. The predicted octanol–water partition coefficient (Wildman–Crippen LogP) is 2.04. The molecule has 0 fully saturated rings. The molecule has 0 N–H and O–H groups in total. The molecule has 0 spiro atoms. The van der Waals surface area contributed by atoms with Crippen LogP contribution >= 0.6 is 0 Å². The molecular weight excluding hydrogens is 270 g/mol. The Bertz CT molecular complexity index is 470. The minimum absolute atomic E-state index is 0.104. The van der Waals surface area contributed by atoms with E-state index in [2.05, 4.69) is 0 Å². The Balaban J connectivity index is 2.79. The van der Waals surface area contributed by atoms with Crippen molar-refractivity contribution >= 4 is 11.8 Å². The number of rotatable bonds is 8. The van der Waals surface area contributed by atoms with Crippen LogP contribution in [0.1, 0.15) is 25.8 Å². The van der Waals surface area contributed by atoms with Gasteiger partial charge < -0.3 is 9.47 Å². The summed E-state index contributed by atoms with van der Waals surface area (Å²) >= 11 is 0. The summed E-state index contributed by atoms with van der Waals surface area (Å²) in [6.45, 7) is 4.44. The highest BCUT2D eigenvalue weighted by molar-refractivity contribution is 5.76. The number of benzene rings is 1. The van der Waals surface area contributed by atoms with Gasteiger partial charge in [0.05, 0.1) is 14.2 Å². The highest BCUT2D eigenvalue weighted by Crippen LogP contribution is 2.15. The van der Waals surface area contributed by atoms with Gasteiger partial charge in [0, 0.05) is 19.5 Å². The number of hydrogen-bond donors (Lipinski definition) is 0. The van der Waals surface area contributed by atoms with Crippen LogP contribution in [0, 0.1) is 0 Å². The smallest absolute Gasteiger partial charge is 0.322 e. The van der Waals surface area contributed by atoms with Gasteiger partial charge in [-0.1, -0.05) is 12.1 Å². The van der Waals surface area contributed by atoms with E-state index in [0.29, 0.717) is 19.5 Å². The summed E-state index contributed by atoms with van der Waals surface area (Å²) in [7, 11) is 2.99. The van der Waals surface area contributed by atoms with E-state index < -0.39 is 6.04 Å². The topological polar surface area (TPSA) is 55.8 Å². The molecule has 0 bridgehead atoms. The lowest BCUT2D eigenvalue weighted by Gasteiger charge is -2.27. The van der Waals surface area contributed by atoms with Crippen molar-refractivity contribution in [2.24, 2.45) is 0 Å². The number of methoxy groups -OCH3 is 2. The van der Waals surface area contributed by atoms with Gasteiger partial charge in [0.25, 0.3) is 0 Å². The van der Waals surface area contributed by atoms with E-state index in [-0.39, 0.29) is 11.8 Å². The summed E-state index contributed by atoms with van der Waals surface area (Å²) in [6.07, 6.45) is 0.414. The van der Waals surface area contributed by atoms with Gasteiger partial charge in [-0.15, -0.1) is 0 Å². The molecule has 1 atom stereocenters. The van der Waals surface area contributed by atoms with Crippen LogP contribution in [0.5, 0.6) is 5.75 Å². The van der Waals surface area contributed by atoms with Crippen LogP contribution < -0.4 is 4.74 Å². The molecule has 116 valence electrons. The quantitative estimate of drug-likeness (QED) is 0.687. The van der Waals surface area contributed by atoms with E-state index in [1.165, 1.54) is 7.11 Å². The Labute approximate surface area is 125 Å². The lowest BCUT2D eigenvalue weighted by atomic mass is 10.1. The Morgan fingerprint density at radius 2 is 1.81 bits per heavy atom. The van der Waals surface area contributed by atoms with Gasteiger partial charge in [0.2, 0.25) is 0 Å². The molecular formula is C16H23NO4. The summed E-state index contributed by atoms with van der Waals surface area (Å²) in [5.74, 6) is 0.592. The van der Waals surface area contributed by atoms with Gasteiger partial charge in [-0.05, 0) is 31.5 Å². The Hall–Kier alpha value is -1.88. The molecule has 0 heterocycles. The monoisotopic (exact) mass is 293 g/mol. The van der Waals surface area contributed by atoms with E-state index >= 15 is 0 Å². The minimum atomic E-state index is -0.392. The number of hydrogen-bond acceptors (Lipinski definition) is 5. The summed E-state index contributed by atoms with van der Waals surface area (Å²) in [5, 5.41) is 0. The van der Waals surface area contributed by atoms with Crippen molar-refractivity contribution in [2.75, 3.05) is 20.8 Å². The first-order chi connectivity index (χ1) is 9.97. The van der Waals surface area contributed by atoms with Gasteiger partial charge in [-0.3, -0.25) is 14.5 Å². The molecule has 0 saturated heterocycles. The number of esters is 1. The fraction of sp³-hybridized carbons (Fsp3) is 0.500. The molecule has 0 aromatic heterocycles. The second kappa shape index (κ2) is 8.42. The zero-order valence-electron chi connectivity index (χ0n) is 13.1. The van der Waals surface area contributed by atoms with Crippen molar-refractivity contribution in [1.82, 2.24) is 4.90 Å². The zero-order chi connectivity index (χ0) is 15.8. The van der Waals surface area contributed by atoms with E-state index in [1.54, 1.807) is 21.0 Å². The first kappa shape index (κ1) is 17.2. The first-order valence-electron chi connectivity index (χ1n) is 6.92. The largest absolute Gasteiger partial charge is 0.497 e. The molecule has 0 aliphatic carbocycles. The standard InChI is InChI=1S/C16H23NO4/c1-12(18)9-10-17(13(2)16(19)21-4)11-14-5-7-15(20-3)8-6-14/h5-8,13H,9-11H2,1-4H3/t13-/m0/s1. The summed E-state index contributed by atoms with van der Waals surface area (Å²) < 4.78 is 9.91. The number of ketones is 1. The molecule has 1 aromatic rings. The molecule has 21 heavy (non-hydrogen) atoms. The normalized spacial score (nSPS) is 12.0. The van der Waals surface area contributed by atoms with Gasteiger partial charge in [0.1, 0.15) is 17.6 Å². The van der Waals surface area contributed by atoms with Crippen LogP contribution in [0.2, 0.25) is 0 Å². The van der Waals surface area contributed by atoms with Crippen molar-refractivity contribution in [2.45, 2.75) is 32.9 Å². The van der Waals surface area contributed by atoms with E-state index in [9.17, 15) is 9.59 Å². The lowest BCUT2D eigenvalue weighted by molar-refractivity contribution is -0.146. The third-order valence-corrected chi connectivity index (χ3v) is 3.39. The third kappa shape index (κ3) is 5.55. The summed E-state index contributed by atoms with van der Waals surface area (Å²) in [6, 6.07) is 7.26. The molecule has 0 radical (unpaired) electrons. The van der Waals surface area contributed by atoms with Gasteiger partial charge in [-0.2, -0.15) is 0 Å². The third-order valence-electron chi connectivity index (χ3n) is 3.39. The Kier molecular flexibility index (Phi) is 6.88. The lowest BCUT2D eigenvalue weighted by Crippen LogP contribution is -2.40. The predicted molar refractivity (Wildman–Crippen MR) is 80.2 cm³/mol. The second-order valence-electron chi connectivity index (χ2n) is 4.97. The fourth-order valence-corrected chi connectivity index (χ4v) is 2.00. The van der Waals surface area contributed by atoms with Crippen molar-refractivity contribution in [3.63, 3.8) is 0 Å². The molecule has 0 amide bonds. The Morgan fingerprint density at radius 3 is 2.29 bits per heavy atom. The van der Waals surface area contributed by atoms with Gasteiger partial charge >= 0.3 is 5.97 Å². The van der Waals surface area contributed by atoms with Crippen LogP contribution in [0.3, 0.4) is 0 Å². The van der Waals surface area contributed by atoms with E-state index in [4.69, 9.17) is 9.47 Å². The number of carbonyl (C=O) groups excluding carboxylic acids is 2. The van der Waals surface area contributed by atoms with Crippen molar-refractivity contribution in [3.8, 4) is 5.75 Å².